The molecule has 0 unspecified atom stereocenters. The van der Waals surface area contributed by atoms with Crippen molar-refractivity contribution in [3.63, 3.8) is 0 Å². The first kappa shape index (κ1) is 16.3. The van der Waals surface area contributed by atoms with Gasteiger partial charge in [0, 0.05) is 11.6 Å². The van der Waals surface area contributed by atoms with Crippen LogP contribution in [0.25, 0.3) is 22.3 Å². The first-order valence-electron chi connectivity index (χ1n) is 7.66. The smallest absolute Gasteiger partial charge is 0.193 e. The summed E-state index contributed by atoms with van der Waals surface area (Å²) in [6, 6.07) is 18.4. The Labute approximate surface area is 143 Å². The number of hydrogen-bond donors (Lipinski definition) is 0. The molecule has 1 aliphatic carbocycles. The summed E-state index contributed by atoms with van der Waals surface area (Å²) in [4.78, 5) is 32.5. The Balaban J connectivity index is 0.000000192. The van der Waals surface area contributed by atoms with E-state index in [9.17, 15) is 14.4 Å². The normalized spacial score (nSPS) is 12.8. The molecule has 0 spiro atoms. The van der Waals surface area contributed by atoms with Crippen LogP contribution in [0.1, 0.15) is 0 Å². The minimum Gasteiger partial charge on any atom is -0.456 e. The Bertz CT molecular complexity index is 1000. The highest BCUT2D eigenvalue weighted by Gasteiger charge is 2.05. The summed E-state index contributed by atoms with van der Waals surface area (Å²) < 4.78 is 5.73. The number of hydrogen-bond acceptors (Lipinski definition) is 4. The van der Waals surface area contributed by atoms with Crippen molar-refractivity contribution in [3.05, 3.63) is 95.2 Å². The lowest BCUT2D eigenvalue weighted by Gasteiger charge is -2.02. The van der Waals surface area contributed by atoms with Gasteiger partial charge in [-0.2, -0.15) is 0 Å². The Morgan fingerprint density at radius 3 is 1.84 bits per heavy atom. The number of benzene rings is 2. The van der Waals surface area contributed by atoms with Gasteiger partial charge in [-0.1, -0.05) is 42.5 Å². The molecule has 0 aliphatic heterocycles. The number of para-hydroxylation sites is 1. The monoisotopic (exact) mass is 330 g/mol. The number of ketones is 2. The minimum absolute atomic E-state index is 0.00861. The zero-order valence-corrected chi connectivity index (χ0v) is 13.2. The van der Waals surface area contributed by atoms with Gasteiger partial charge in [-0.3, -0.25) is 14.4 Å². The summed E-state index contributed by atoms with van der Waals surface area (Å²) in [7, 11) is 0. The van der Waals surface area contributed by atoms with E-state index in [0.29, 0.717) is 16.7 Å². The summed E-state index contributed by atoms with van der Waals surface area (Å²) in [6.45, 7) is 0. The molecule has 0 radical (unpaired) electrons. The number of fused-ring (bicyclic) bond motifs is 1. The van der Waals surface area contributed by atoms with Crippen LogP contribution in [0.2, 0.25) is 0 Å². The van der Waals surface area contributed by atoms with E-state index in [1.54, 1.807) is 6.07 Å². The van der Waals surface area contributed by atoms with E-state index in [1.165, 1.54) is 30.4 Å². The van der Waals surface area contributed by atoms with Crippen LogP contribution in [0.4, 0.5) is 0 Å². The standard InChI is InChI=1S/C15H10O2.C6H4O2/c16-13-10-15(11-6-2-1-3-7-11)17-14-9-5-4-8-12(13)14;7-5-1-2-6(8)4-3-5/h1-10H;1-4H. The van der Waals surface area contributed by atoms with E-state index in [-0.39, 0.29) is 17.0 Å². The fourth-order valence-electron chi connectivity index (χ4n) is 2.29. The number of allylic oxidation sites excluding steroid dienone is 4. The van der Waals surface area contributed by atoms with Gasteiger partial charge in [0.25, 0.3) is 0 Å². The summed E-state index contributed by atoms with van der Waals surface area (Å²) >= 11 is 0. The molecule has 0 bridgehead atoms. The van der Waals surface area contributed by atoms with E-state index >= 15 is 0 Å². The van der Waals surface area contributed by atoms with Crippen LogP contribution in [-0.4, -0.2) is 11.6 Å². The minimum atomic E-state index is -0.121. The summed E-state index contributed by atoms with van der Waals surface area (Å²) in [5, 5.41) is 0.618. The largest absolute Gasteiger partial charge is 0.456 e. The highest BCUT2D eigenvalue weighted by molar-refractivity contribution is 6.14. The molecule has 1 aromatic heterocycles. The molecule has 0 fully saturated rings. The maximum Gasteiger partial charge on any atom is 0.193 e. The lowest BCUT2D eigenvalue weighted by Crippen LogP contribution is -1.99. The first-order valence-corrected chi connectivity index (χ1v) is 7.66. The van der Waals surface area contributed by atoms with Gasteiger partial charge in [0.1, 0.15) is 11.3 Å². The van der Waals surface area contributed by atoms with Gasteiger partial charge >= 0.3 is 0 Å². The predicted molar refractivity (Wildman–Crippen MR) is 96.2 cm³/mol. The molecule has 0 amide bonds. The van der Waals surface area contributed by atoms with Crippen molar-refractivity contribution in [2.45, 2.75) is 0 Å². The van der Waals surface area contributed by atoms with Gasteiger partial charge in [0.2, 0.25) is 0 Å². The summed E-state index contributed by atoms with van der Waals surface area (Å²) in [5.74, 6) is 0.364. The third kappa shape index (κ3) is 4.06. The Morgan fingerprint density at radius 1 is 0.640 bits per heavy atom. The molecule has 2 aromatic carbocycles. The molecule has 122 valence electrons. The average molecular weight is 330 g/mol. The van der Waals surface area contributed by atoms with Crippen molar-refractivity contribution in [2.24, 2.45) is 0 Å². The fourth-order valence-corrected chi connectivity index (χ4v) is 2.29. The van der Waals surface area contributed by atoms with E-state index in [4.69, 9.17) is 4.42 Å². The maximum atomic E-state index is 11.9. The zero-order valence-electron chi connectivity index (χ0n) is 13.2. The van der Waals surface area contributed by atoms with Crippen LogP contribution >= 0.6 is 0 Å². The Kier molecular flexibility index (Phi) is 4.81. The molecule has 4 heteroatoms. The van der Waals surface area contributed by atoms with E-state index in [0.717, 1.165) is 5.56 Å². The Morgan fingerprint density at radius 2 is 1.20 bits per heavy atom. The SMILES string of the molecule is O=C1C=CC(=O)C=C1.O=c1cc(-c2ccccc2)oc2ccccc12. The third-order valence-electron chi connectivity index (χ3n) is 3.52. The molecular weight excluding hydrogens is 316 g/mol. The van der Waals surface area contributed by atoms with Gasteiger partial charge in [0.15, 0.2) is 17.0 Å². The maximum absolute atomic E-state index is 11.9. The molecule has 0 atom stereocenters. The van der Waals surface area contributed by atoms with Crippen LogP contribution in [0.3, 0.4) is 0 Å². The molecule has 0 N–H and O–H groups in total. The second kappa shape index (κ2) is 7.36. The van der Waals surface area contributed by atoms with Crippen LogP contribution in [0.5, 0.6) is 0 Å². The van der Waals surface area contributed by atoms with Gasteiger partial charge in [0.05, 0.1) is 5.39 Å². The molecular formula is C21H14O4. The molecule has 25 heavy (non-hydrogen) atoms. The lowest BCUT2D eigenvalue weighted by molar-refractivity contribution is -0.113. The van der Waals surface area contributed by atoms with Crippen molar-refractivity contribution in [1.82, 2.24) is 0 Å². The van der Waals surface area contributed by atoms with Crippen LogP contribution in [0.15, 0.2) is 94.2 Å². The third-order valence-corrected chi connectivity index (χ3v) is 3.52. The second-order valence-corrected chi connectivity index (χ2v) is 5.31. The average Bonchev–Trinajstić information content (AvgIpc) is 2.65. The molecule has 3 aromatic rings. The van der Waals surface area contributed by atoms with Crippen molar-refractivity contribution in [3.8, 4) is 11.3 Å². The topological polar surface area (TPSA) is 64.3 Å². The molecule has 4 nitrogen and oxygen atoms in total. The molecule has 0 saturated carbocycles. The van der Waals surface area contributed by atoms with Gasteiger partial charge in [-0.05, 0) is 36.4 Å². The number of rotatable bonds is 1. The van der Waals surface area contributed by atoms with Gasteiger partial charge in [-0.15, -0.1) is 0 Å². The van der Waals surface area contributed by atoms with Crippen LogP contribution in [-0.2, 0) is 9.59 Å². The second-order valence-electron chi connectivity index (χ2n) is 5.31. The van der Waals surface area contributed by atoms with Crippen molar-refractivity contribution in [1.29, 1.82) is 0 Å². The van der Waals surface area contributed by atoms with E-state index in [2.05, 4.69) is 0 Å². The number of carbonyl (C=O) groups excluding carboxylic acids is 2. The molecule has 4 rings (SSSR count). The van der Waals surface area contributed by atoms with Gasteiger partial charge in [-0.25, -0.2) is 0 Å². The van der Waals surface area contributed by atoms with Crippen LogP contribution < -0.4 is 5.43 Å². The quantitative estimate of drug-likeness (QED) is 0.638. The lowest BCUT2D eigenvalue weighted by atomic mass is 10.1. The van der Waals surface area contributed by atoms with Crippen LogP contribution in [0, 0.1) is 0 Å². The van der Waals surface area contributed by atoms with E-state index in [1.807, 2.05) is 48.5 Å². The van der Waals surface area contributed by atoms with Gasteiger partial charge < -0.3 is 4.42 Å². The van der Waals surface area contributed by atoms with E-state index < -0.39 is 0 Å². The van der Waals surface area contributed by atoms with Crippen molar-refractivity contribution in [2.75, 3.05) is 0 Å². The van der Waals surface area contributed by atoms with Crippen molar-refractivity contribution < 1.29 is 14.0 Å². The highest BCUT2D eigenvalue weighted by atomic mass is 16.3. The molecule has 1 aliphatic rings. The summed E-state index contributed by atoms with van der Waals surface area (Å²) in [5.41, 5.74) is 1.53. The fraction of sp³-hybridized carbons (Fsp3) is 0. The zero-order chi connectivity index (χ0) is 17.6. The Hall–Kier alpha value is -3.53. The first-order chi connectivity index (χ1) is 12.1. The molecule has 0 saturated heterocycles. The highest BCUT2D eigenvalue weighted by Crippen LogP contribution is 2.21. The summed E-state index contributed by atoms with van der Waals surface area (Å²) in [6.07, 6.45) is 5.01. The van der Waals surface area contributed by atoms with Crippen molar-refractivity contribution >= 4 is 22.5 Å². The number of carbonyl (C=O) groups is 2. The predicted octanol–water partition coefficient (Wildman–Crippen LogP) is 3.71. The molecule has 1 heterocycles.